The molecule has 19 heavy (non-hydrogen) atoms. The van der Waals surface area contributed by atoms with Gasteiger partial charge in [0.15, 0.2) is 0 Å². The molecule has 4 heteroatoms. The molecule has 1 aliphatic rings. The van der Waals surface area contributed by atoms with E-state index in [1.54, 1.807) is 7.11 Å². The van der Waals surface area contributed by atoms with Crippen LogP contribution in [0.1, 0.15) is 24.4 Å². The molecule has 106 valence electrons. The van der Waals surface area contributed by atoms with Gasteiger partial charge < -0.3 is 19.5 Å². The first-order chi connectivity index (χ1) is 9.35. The molecule has 0 saturated carbocycles. The smallest absolute Gasteiger partial charge is 0.123 e. The van der Waals surface area contributed by atoms with Crippen LogP contribution in [0.25, 0.3) is 0 Å². The van der Waals surface area contributed by atoms with Crippen molar-refractivity contribution >= 4 is 0 Å². The SMILES string of the molecule is CNC(COCC1CCCO1)c1ccccc1OC. The summed E-state index contributed by atoms with van der Waals surface area (Å²) < 4.78 is 16.7. The van der Waals surface area contributed by atoms with Crippen molar-refractivity contribution in [1.29, 1.82) is 0 Å². The van der Waals surface area contributed by atoms with Gasteiger partial charge in [0.05, 0.1) is 32.5 Å². The Morgan fingerprint density at radius 1 is 1.42 bits per heavy atom. The summed E-state index contributed by atoms with van der Waals surface area (Å²) in [6.45, 7) is 2.17. The van der Waals surface area contributed by atoms with E-state index in [1.165, 1.54) is 0 Å². The zero-order valence-electron chi connectivity index (χ0n) is 11.7. The highest BCUT2D eigenvalue weighted by molar-refractivity contribution is 5.35. The van der Waals surface area contributed by atoms with E-state index in [4.69, 9.17) is 14.2 Å². The molecular formula is C15H23NO3. The first-order valence-corrected chi connectivity index (χ1v) is 6.84. The first kappa shape index (κ1) is 14.3. The molecule has 0 radical (unpaired) electrons. The van der Waals surface area contributed by atoms with Crippen molar-refractivity contribution in [3.8, 4) is 5.75 Å². The second-order valence-electron chi connectivity index (χ2n) is 4.76. The molecule has 1 aromatic rings. The van der Waals surface area contributed by atoms with Crippen LogP contribution < -0.4 is 10.1 Å². The Labute approximate surface area is 115 Å². The van der Waals surface area contributed by atoms with Gasteiger partial charge >= 0.3 is 0 Å². The molecule has 1 aliphatic heterocycles. The van der Waals surface area contributed by atoms with E-state index in [-0.39, 0.29) is 12.1 Å². The van der Waals surface area contributed by atoms with Gasteiger partial charge in [-0.25, -0.2) is 0 Å². The molecule has 2 atom stereocenters. The van der Waals surface area contributed by atoms with E-state index in [0.29, 0.717) is 13.2 Å². The monoisotopic (exact) mass is 265 g/mol. The van der Waals surface area contributed by atoms with E-state index >= 15 is 0 Å². The molecule has 0 amide bonds. The Morgan fingerprint density at radius 2 is 2.26 bits per heavy atom. The van der Waals surface area contributed by atoms with Crippen LogP contribution in [0.5, 0.6) is 5.75 Å². The summed E-state index contributed by atoms with van der Waals surface area (Å²) in [6.07, 6.45) is 2.53. The minimum absolute atomic E-state index is 0.137. The van der Waals surface area contributed by atoms with Crippen molar-refractivity contribution in [2.75, 3.05) is 34.0 Å². The molecule has 2 unspecified atom stereocenters. The minimum Gasteiger partial charge on any atom is -0.496 e. The van der Waals surface area contributed by atoms with Crippen molar-refractivity contribution in [2.45, 2.75) is 25.0 Å². The third-order valence-corrected chi connectivity index (χ3v) is 3.48. The molecule has 0 aliphatic carbocycles. The fourth-order valence-corrected chi connectivity index (χ4v) is 2.38. The summed E-state index contributed by atoms with van der Waals surface area (Å²) in [5.74, 6) is 0.891. The van der Waals surface area contributed by atoms with E-state index in [1.807, 2.05) is 25.2 Å². The topological polar surface area (TPSA) is 39.7 Å². The van der Waals surface area contributed by atoms with Crippen LogP contribution in [0.15, 0.2) is 24.3 Å². The summed E-state index contributed by atoms with van der Waals surface area (Å²) >= 11 is 0. The third kappa shape index (κ3) is 3.93. The maximum atomic E-state index is 5.78. The van der Waals surface area contributed by atoms with Gasteiger partial charge in [-0.1, -0.05) is 18.2 Å². The normalized spacial score (nSPS) is 20.4. The summed E-state index contributed by atoms with van der Waals surface area (Å²) in [5.41, 5.74) is 1.12. The molecule has 1 fully saturated rings. The third-order valence-electron chi connectivity index (χ3n) is 3.48. The van der Waals surface area contributed by atoms with Crippen LogP contribution in [-0.4, -0.2) is 40.1 Å². The van der Waals surface area contributed by atoms with Crippen LogP contribution in [-0.2, 0) is 9.47 Å². The largest absolute Gasteiger partial charge is 0.496 e. The number of likely N-dealkylation sites (N-methyl/N-ethyl adjacent to an activating group) is 1. The van der Waals surface area contributed by atoms with Crippen molar-refractivity contribution in [1.82, 2.24) is 5.32 Å². The fraction of sp³-hybridized carbons (Fsp3) is 0.600. The van der Waals surface area contributed by atoms with Crippen LogP contribution in [0.2, 0.25) is 0 Å². The zero-order chi connectivity index (χ0) is 13.5. The predicted octanol–water partition coefficient (Wildman–Crippen LogP) is 2.15. The van der Waals surface area contributed by atoms with Gasteiger partial charge in [-0.05, 0) is 26.0 Å². The van der Waals surface area contributed by atoms with Gasteiger partial charge in [0.1, 0.15) is 5.75 Å². The number of ether oxygens (including phenoxy) is 3. The summed E-state index contributed by atoms with van der Waals surface area (Å²) in [4.78, 5) is 0. The van der Waals surface area contributed by atoms with Gasteiger partial charge in [-0.3, -0.25) is 0 Å². The average molecular weight is 265 g/mol. The van der Waals surface area contributed by atoms with E-state index in [2.05, 4.69) is 11.4 Å². The lowest BCUT2D eigenvalue weighted by Gasteiger charge is -2.20. The van der Waals surface area contributed by atoms with Crippen molar-refractivity contribution in [2.24, 2.45) is 0 Å². The number of benzene rings is 1. The van der Waals surface area contributed by atoms with Crippen molar-refractivity contribution in [3.05, 3.63) is 29.8 Å². The second-order valence-corrected chi connectivity index (χ2v) is 4.76. The Balaban J connectivity index is 1.88. The average Bonchev–Trinajstić information content (AvgIpc) is 2.97. The highest BCUT2D eigenvalue weighted by Crippen LogP contribution is 2.25. The summed E-state index contributed by atoms with van der Waals surface area (Å²) in [7, 11) is 3.63. The van der Waals surface area contributed by atoms with Crippen LogP contribution in [0.4, 0.5) is 0 Å². The standard InChI is InChI=1S/C15H23NO3/c1-16-14(11-18-10-12-6-5-9-19-12)13-7-3-4-8-15(13)17-2/h3-4,7-8,12,14,16H,5-6,9-11H2,1-2H3. The number of hydrogen-bond donors (Lipinski definition) is 1. The molecule has 1 aromatic carbocycles. The Kier molecular flexibility index (Phi) is 5.63. The second kappa shape index (κ2) is 7.48. The van der Waals surface area contributed by atoms with E-state index < -0.39 is 0 Å². The molecule has 1 saturated heterocycles. The quantitative estimate of drug-likeness (QED) is 0.820. The Hall–Kier alpha value is -1.10. The number of nitrogens with one attached hydrogen (secondary N) is 1. The van der Waals surface area contributed by atoms with Gasteiger partial charge in [0.2, 0.25) is 0 Å². The van der Waals surface area contributed by atoms with E-state index in [0.717, 1.165) is 30.8 Å². The Morgan fingerprint density at radius 3 is 2.95 bits per heavy atom. The van der Waals surface area contributed by atoms with E-state index in [9.17, 15) is 0 Å². The minimum atomic E-state index is 0.137. The highest BCUT2D eigenvalue weighted by atomic mass is 16.5. The maximum absolute atomic E-state index is 5.78. The molecular weight excluding hydrogens is 242 g/mol. The zero-order valence-corrected chi connectivity index (χ0v) is 11.7. The van der Waals surface area contributed by atoms with Crippen LogP contribution in [0.3, 0.4) is 0 Å². The maximum Gasteiger partial charge on any atom is 0.123 e. The lowest BCUT2D eigenvalue weighted by Crippen LogP contribution is -2.25. The summed E-state index contributed by atoms with van der Waals surface area (Å²) in [5, 5.41) is 3.27. The number of methoxy groups -OCH3 is 1. The number of para-hydroxylation sites is 1. The molecule has 1 heterocycles. The highest BCUT2D eigenvalue weighted by Gasteiger charge is 2.18. The molecule has 4 nitrogen and oxygen atoms in total. The molecule has 0 spiro atoms. The predicted molar refractivity (Wildman–Crippen MR) is 74.6 cm³/mol. The van der Waals surface area contributed by atoms with Crippen LogP contribution >= 0.6 is 0 Å². The van der Waals surface area contributed by atoms with Crippen LogP contribution in [0, 0.1) is 0 Å². The Bertz CT molecular complexity index is 377. The summed E-state index contributed by atoms with van der Waals surface area (Å²) in [6, 6.07) is 8.16. The number of rotatable bonds is 7. The lowest BCUT2D eigenvalue weighted by atomic mass is 10.1. The fourth-order valence-electron chi connectivity index (χ4n) is 2.38. The molecule has 2 rings (SSSR count). The molecule has 0 aromatic heterocycles. The first-order valence-electron chi connectivity index (χ1n) is 6.84. The van der Waals surface area contributed by atoms with Gasteiger partial charge in [-0.15, -0.1) is 0 Å². The van der Waals surface area contributed by atoms with Gasteiger partial charge in [0, 0.05) is 12.2 Å². The van der Waals surface area contributed by atoms with Crippen molar-refractivity contribution < 1.29 is 14.2 Å². The molecule has 1 N–H and O–H groups in total. The lowest BCUT2D eigenvalue weighted by molar-refractivity contribution is 0.0104. The molecule has 0 bridgehead atoms. The number of hydrogen-bond acceptors (Lipinski definition) is 4. The van der Waals surface area contributed by atoms with Gasteiger partial charge in [-0.2, -0.15) is 0 Å². The van der Waals surface area contributed by atoms with Gasteiger partial charge in [0.25, 0.3) is 0 Å². The van der Waals surface area contributed by atoms with Crippen molar-refractivity contribution in [3.63, 3.8) is 0 Å².